The number of aryl methyl sites for hydroxylation is 1. The van der Waals surface area contributed by atoms with Crippen LogP contribution in [0.15, 0.2) is 42.5 Å². The lowest BCUT2D eigenvalue weighted by molar-refractivity contribution is 0.423. The Hall–Kier alpha value is -1.87. The molecule has 3 heteroatoms. The van der Waals surface area contributed by atoms with E-state index in [1.54, 1.807) is 0 Å². The lowest BCUT2D eigenvalue weighted by Crippen LogP contribution is -2.35. The number of benzene rings is 1. The van der Waals surface area contributed by atoms with E-state index in [0.29, 0.717) is 0 Å². The molecule has 2 rings (SSSR count). The van der Waals surface area contributed by atoms with Gasteiger partial charge in [0.25, 0.3) is 0 Å². The first-order valence-electron chi connectivity index (χ1n) is 7.37. The molecule has 0 fully saturated rings. The topological polar surface area (TPSA) is 28.2 Å². The Kier molecular flexibility index (Phi) is 4.63. The molecule has 0 unspecified atom stereocenters. The molecule has 1 heterocycles. The highest BCUT2D eigenvalue weighted by molar-refractivity contribution is 5.59. The van der Waals surface area contributed by atoms with Gasteiger partial charge in [-0.05, 0) is 51.5 Å². The minimum absolute atomic E-state index is 0.117. The van der Waals surface area contributed by atoms with Crippen LogP contribution in [0.25, 0.3) is 0 Å². The van der Waals surface area contributed by atoms with Gasteiger partial charge in [-0.1, -0.05) is 24.3 Å². The van der Waals surface area contributed by atoms with E-state index in [1.165, 1.54) is 5.56 Å². The molecule has 1 aromatic carbocycles. The maximum atomic E-state index is 4.74. The summed E-state index contributed by atoms with van der Waals surface area (Å²) in [6.07, 6.45) is 0. The molecule has 112 valence electrons. The van der Waals surface area contributed by atoms with Crippen molar-refractivity contribution < 1.29 is 0 Å². The lowest BCUT2D eigenvalue weighted by atomic mass is 10.1. The monoisotopic (exact) mass is 283 g/mol. The van der Waals surface area contributed by atoms with E-state index in [2.05, 4.69) is 62.2 Å². The van der Waals surface area contributed by atoms with E-state index >= 15 is 0 Å². The van der Waals surface area contributed by atoms with Crippen molar-refractivity contribution in [3.63, 3.8) is 0 Å². The van der Waals surface area contributed by atoms with Crippen molar-refractivity contribution in [2.75, 3.05) is 11.9 Å². The Morgan fingerprint density at radius 1 is 1.05 bits per heavy atom. The summed E-state index contributed by atoms with van der Waals surface area (Å²) >= 11 is 0. The van der Waals surface area contributed by atoms with Crippen molar-refractivity contribution in [2.24, 2.45) is 0 Å². The first kappa shape index (κ1) is 15.5. The molecule has 0 saturated carbocycles. The average molecular weight is 283 g/mol. The van der Waals surface area contributed by atoms with Crippen molar-refractivity contribution in [3.05, 3.63) is 53.7 Å². The third-order valence-corrected chi connectivity index (χ3v) is 3.48. The fourth-order valence-electron chi connectivity index (χ4n) is 2.09. The van der Waals surface area contributed by atoms with Gasteiger partial charge in [-0.2, -0.15) is 0 Å². The molecule has 0 saturated heterocycles. The van der Waals surface area contributed by atoms with Gasteiger partial charge in [-0.25, -0.2) is 4.98 Å². The Bertz CT molecular complexity index is 585. The van der Waals surface area contributed by atoms with Crippen molar-refractivity contribution >= 4 is 11.5 Å². The maximum Gasteiger partial charge on any atom is 0.132 e. The highest BCUT2D eigenvalue weighted by Crippen LogP contribution is 2.22. The summed E-state index contributed by atoms with van der Waals surface area (Å²) in [5.41, 5.74) is 3.58. The van der Waals surface area contributed by atoms with Crippen LogP contribution in [0, 0.1) is 6.92 Å². The third kappa shape index (κ3) is 4.30. The molecule has 2 aromatic rings. The van der Waals surface area contributed by atoms with Crippen LogP contribution in [0.1, 0.15) is 32.0 Å². The molecule has 1 aromatic heterocycles. The predicted molar refractivity (Wildman–Crippen MR) is 90.1 cm³/mol. The van der Waals surface area contributed by atoms with Crippen LogP contribution in [0.3, 0.4) is 0 Å². The van der Waals surface area contributed by atoms with E-state index in [1.807, 2.05) is 25.2 Å². The standard InChI is InChI=1S/C18H25N3/c1-14-15(13-19-18(2,3)4)11-12-17(20-14)21(5)16-9-7-6-8-10-16/h6-12,19H,13H2,1-5H3. The zero-order chi connectivity index (χ0) is 15.5. The van der Waals surface area contributed by atoms with Gasteiger partial charge in [0, 0.05) is 30.5 Å². The number of nitrogens with zero attached hydrogens (tertiary/aromatic N) is 2. The first-order chi connectivity index (χ1) is 9.87. The van der Waals surface area contributed by atoms with Crippen molar-refractivity contribution in [3.8, 4) is 0 Å². The number of rotatable bonds is 4. The van der Waals surface area contributed by atoms with Gasteiger partial charge in [-0.3, -0.25) is 0 Å². The summed E-state index contributed by atoms with van der Waals surface area (Å²) in [7, 11) is 2.05. The Balaban J connectivity index is 2.15. The minimum atomic E-state index is 0.117. The fourth-order valence-corrected chi connectivity index (χ4v) is 2.09. The second-order valence-corrected chi connectivity index (χ2v) is 6.41. The van der Waals surface area contributed by atoms with E-state index in [-0.39, 0.29) is 5.54 Å². The fraction of sp³-hybridized carbons (Fsp3) is 0.389. The molecule has 0 aliphatic carbocycles. The van der Waals surface area contributed by atoms with Crippen LogP contribution in [0.4, 0.5) is 11.5 Å². The van der Waals surface area contributed by atoms with Crippen molar-refractivity contribution in [1.29, 1.82) is 0 Å². The van der Waals surface area contributed by atoms with Crippen molar-refractivity contribution in [1.82, 2.24) is 10.3 Å². The first-order valence-corrected chi connectivity index (χ1v) is 7.37. The van der Waals surface area contributed by atoms with E-state index < -0.39 is 0 Å². The quantitative estimate of drug-likeness (QED) is 0.917. The van der Waals surface area contributed by atoms with Gasteiger partial charge in [0.2, 0.25) is 0 Å². The smallest absolute Gasteiger partial charge is 0.132 e. The summed E-state index contributed by atoms with van der Waals surface area (Å²) in [5.74, 6) is 0.971. The van der Waals surface area contributed by atoms with Gasteiger partial charge < -0.3 is 10.2 Å². The van der Waals surface area contributed by atoms with Gasteiger partial charge >= 0.3 is 0 Å². The van der Waals surface area contributed by atoms with E-state index in [9.17, 15) is 0 Å². The molecule has 0 aliphatic rings. The third-order valence-electron chi connectivity index (χ3n) is 3.48. The van der Waals surface area contributed by atoms with Gasteiger partial charge in [0.1, 0.15) is 5.82 Å². The Morgan fingerprint density at radius 3 is 2.29 bits per heavy atom. The number of para-hydroxylation sites is 1. The molecule has 21 heavy (non-hydrogen) atoms. The summed E-state index contributed by atoms with van der Waals surface area (Å²) in [4.78, 5) is 6.84. The zero-order valence-corrected chi connectivity index (χ0v) is 13.6. The number of nitrogens with one attached hydrogen (secondary N) is 1. The molecular formula is C18H25N3. The van der Waals surface area contributed by atoms with Crippen LogP contribution < -0.4 is 10.2 Å². The summed E-state index contributed by atoms with van der Waals surface area (Å²) in [6, 6.07) is 14.5. The van der Waals surface area contributed by atoms with Crippen LogP contribution in [-0.2, 0) is 6.54 Å². The van der Waals surface area contributed by atoms with Crippen LogP contribution in [-0.4, -0.2) is 17.6 Å². The molecule has 0 atom stereocenters. The van der Waals surface area contributed by atoms with E-state index in [0.717, 1.165) is 23.7 Å². The molecule has 0 radical (unpaired) electrons. The second kappa shape index (κ2) is 6.27. The Morgan fingerprint density at radius 2 is 1.71 bits per heavy atom. The number of anilines is 2. The molecule has 0 aliphatic heterocycles. The van der Waals surface area contributed by atoms with Gasteiger partial charge in [-0.15, -0.1) is 0 Å². The average Bonchev–Trinajstić information content (AvgIpc) is 2.45. The number of hydrogen-bond acceptors (Lipinski definition) is 3. The van der Waals surface area contributed by atoms with Crippen LogP contribution in [0.2, 0.25) is 0 Å². The summed E-state index contributed by atoms with van der Waals surface area (Å²) < 4.78 is 0. The summed E-state index contributed by atoms with van der Waals surface area (Å²) in [6.45, 7) is 9.44. The molecule has 0 amide bonds. The molecule has 0 spiro atoms. The normalized spacial score (nSPS) is 11.5. The molecule has 0 bridgehead atoms. The van der Waals surface area contributed by atoms with E-state index in [4.69, 9.17) is 4.98 Å². The second-order valence-electron chi connectivity index (χ2n) is 6.41. The van der Waals surface area contributed by atoms with Gasteiger partial charge in [0.05, 0.1) is 0 Å². The molecular weight excluding hydrogens is 258 g/mol. The van der Waals surface area contributed by atoms with Crippen LogP contribution in [0.5, 0.6) is 0 Å². The zero-order valence-electron chi connectivity index (χ0n) is 13.6. The number of aromatic nitrogens is 1. The highest BCUT2D eigenvalue weighted by atomic mass is 15.2. The molecule has 3 nitrogen and oxygen atoms in total. The number of hydrogen-bond donors (Lipinski definition) is 1. The predicted octanol–water partition coefficient (Wildman–Crippen LogP) is 4.05. The number of pyridine rings is 1. The van der Waals surface area contributed by atoms with Gasteiger partial charge in [0.15, 0.2) is 0 Å². The lowest BCUT2D eigenvalue weighted by Gasteiger charge is -2.22. The summed E-state index contributed by atoms with van der Waals surface area (Å²) in [5, 5.41) is 3.51. The maximum absolute atomic E-state index is 4.74. The minimum Gasteiger partial charge on any atom is -0.329 e. The SMILES string of the molecule is Cc1nc(N(C)c2ccccc2)ccc1CNC(C)(C)C. The largest absolute Gasteiger partial charge is 0.329 e. The van der Waals surface area contributed by atoms with Crippen LogP contribution >= 0.6 is 0 Å². The van der Waals surface area contributed by atoms with Crippen molar-refractivity contribution in [2.45, 2.75) is 39.8 Å². The molecule has 1 N–H and O–H groups in total. The Labute approximate surface area is 128 Å². The highest BCUT2D eigenvalue weighted by Gasteiger charge is 2.11.